The van der Waals surface area contributed by atoms with Gasteiger partial charge < -0.3 is 15.0 Å². The van der Waals surface area contributed by atoms with Crippen molar-refractivity contribution in [3.63, 3.8) is 0 Å². The van der Waals surface area contributed by atoms with Crippen LogP contribution < -0.4 is 10.1 Å². The van der Waals surface area contributed by atoms with E-state index in [4.69, 9.17) is 4.74 Å². The summed E-state index contributed by atoms with van der Waals surface area (Å²) in [6, 6.07) is 8.34. The van der Waals surface area contributed by atoms with E-state index in [1.807, 2.05) is 6.07 Å². The van der Waals surface area contributed by atoms with Crippen LogP contribution in [0, 0.1) is 0 Å². The summed E-state index contributed by atoms with van der Waals surface area (Å²) in [5.74, 6) is 1.07. The van der Waals surface area contributed by atoms with Crippen LogP contribution in [0.4, 0.5) is 0 Å². The minimum absolute atomic E-state index is 0.319. The molecule has 0 aromatic heterocycles. The monoisotopic (exact) mass is 234 g/mol. The number of rotatable bonds is 6. The topological polar surface area (TPSA) is 24.5 Å². The molecule has 0 saturated heterocycles. The Balaban J connectivity index is 1.75. The average Bonchev–Trinajstić information content (AvgIpc) is 2.71. The van der Waals surface area contributed by atoms with Crippen molar-refractivity contribution < 1.29 is 4.74 Å². The molecule has 0 saturated carbocycles. The van der Waals surface area contributed by atoms with E-state index in [-0.39, 0.29) is 0 Å². The Morgan fingerprint density at radius 2 is 2.24 bits per heavy atom. The van der Waals surface area contributed by atoms with E-state index in [2.05, 4.69) is 42.4 Å². The molecule has 0 amide bonds. The average molecular weight is 234 g/mol. The summed E-state index contributed by atoms with van der Waals surface area (Å²) in [4.78, 5) is 2.33. The summed E-state index contributed by atoms with van der Waals surface area (Å²) in [6.07, 6.45) is 1.36. The van der Waals surface area contributed by atoms with Crippen LogP contribution in [0.1, 0.15) is 12.5 Å². The molecule has 94 valence electrons. The first-order valence-corrected chi connectivity index (χ1v) is 6.43. The second kappa shape index (κ2) is 6.03. The SMILES string of the molecule is CCNCCN(C)CC1Cc2ccccc2O1. The van der Waals surface area contributed by atoms with Gasteiger partial charge >= 0.3 is 0 Å². The van der Waals surface area contributed by atoms with E-state index in [1.54, 1.807) is 0 Å². The molecular formula is C14H22N2O. The van der Waals surface area contributed by atoms with E-state index in [1.165, 1.54) is 5.56 Å². The van der Waals surface area contributed by atoms with Crippen molar-refractivity contribution in [2.45, 2.75) is 19.4 Å². The summed E-state index contributed by atoms with van der Waals surface area (Å²) in [5.41, 5.74) is 1.34. The van der Waals surface area contributed by atoms with E-state index in [0.717, 1.165) is 38.3 Å². The molecule has 0 bridgehead atoms. The highest BCUT2D eigenvalue weighted by Gasteiger charge is 2.23. The Bertz CT molecular complexity index is 329. The first-order chi connectivity index (χ1) is 8.29. The number of hydrogen-bond donors (Lipinski definition) is 1. The summed E-state index contributed by atoms with van der Waals surface area (Å²) in [6.45, 7) is 6.30. The lowest BCUT2D eigenvalue weighted by atomic mass is 10.1. The predicted molar refractivity (Wildman–Crippen MR) is 70.6 cm³/mol. The van der Waals surface area contributed by atoms with Crippen LogP contribution >= 0.6 is 0 Å². The van der Waals surface area contributed by atoms with Crippen molar-refractivity contribution in [1.82, 2.24) is 10.2 Å². The second-order valence-electron chi connectivity index (χ2n) is 4.67. The third-order valence-corrected chi connectivity index (χ3v) is 3.15. The highest BCUT2D eigenvalue weighted by molar-refractivity contribution is 5.37. The molecule has 0 radical (unpaired) electrons. The summed E-state index contributed by atoms with van der Waals surface area (Å²) in [5, 5.41) is 3.34. The van der Waals surface area contributed by atoms with Crippen molar-refractivity contribution in [2.75, 3.05) is 33.2 Å². The van der Waals surface area contributed by atoms with Gasteiger partial charge in [0, 0.05) is 26.1 Å². The summed E-state index contributed by atoms with van der Waals surface area (Å²) >= 11 is 0. The molecule has 1 aliphatic heterocycles. The van der Waals surface area contributed by atoms with Gasteiger partial charge in [-0.1, -0.05) is 25.1 Å². The van der Waals surface area contributed by atoms with Crippen molar-refractivity contribution >= 4 is 0 Å². The molecule has 3 heteroatoms. The molecule has 1 aromatic rings. The van der Waals surface area contributed by atoms with Gasteiger partial charge in [0.05, 0.1) is 0 Å². The van der Waals surface area contributed by atoms with Gasteiger partial charge in [-0.15, -0.1) is 0 Å². The van der Waals surface area contributed by atoms with Crippen molar-refractivity contribution in [3.8, 4) is 5.75 Å². The van der Waals surface area contributed by atoms with Crippen molar-refractivity contribution in [1.29, 1.82) is 0 Å². The molecule has 2 rings (SSSR count). The molecule has 1 N–H and O–H groups in total. The quantitative estimate of drug-likeness (QED) is 0.756. The molecule has 0 fully saturated rings. The van der Waals surface area contributed by atoms with Crippen molar-refractivity contribution in [2.24, 2.45) is 0 Å². The number of para-hydroxylation sites is 1. The smallest absolute Gasteiger partial charge is 0.123 e. The fraction of sp³-hybridized carbons (Fsp3) is 0.571. The first-order valence-electron chi connectivity index (χ1n) is 6.43. The zero-order valence-electron chi connectivity index (χ0n) is 10.8. The fourth-order valence-corrected chi connectivity index (χ4v) is 2.24. The van der Waals surface area contributed by atoms with Gasteiger partial charge in [-0.2, -0.15) is 0 Å². The summed E-state index contributed by atoms with van der Waals surface area (Å²) in [7, 11) is 2.16. The van der Waals surface area contributed by atoms with Gasteiger partial charge in [-0.05, 0) is 25.2 Å². The molecule has 1 aliphatic rings. The lowest BCUT2D eigenvalue weighted by Gasteiger charge is -2.20. The van der Waals surface area contributed by atoms with Gasteiger partial charge in [0.15, 0.2) is 0 Å². The number of fused-ring (bicyclic) bond motifs is 1. The maximum atomic E-state index is 5.92. The zero-order chi connectivity index (χ0) is 12.1. The third-order valence-electron chi connectivity index (χ3n) is 3.15. The predicted octanol–water partition coefficient (Wildman–Crippen LogP) is 1.53. The Hall–Kier alpha value is -1.06. The van der Waals surface area contributed by atoms with Gasteiger partial charge in [0.25, 0.3) is 0 Å². The lowest BCUT2D eigenvalue weighted by Crippen LogP contribution is -2.36. The fourth-order valence-electron chi connectivity index (χ4n) is 2.24. The van der Waals surface area contributed by atoms with Crippen LogP contribution in [-0.4, -0.2) is 44.2 Å². The number of hydrogen-bond acceptors (Lipinski definition) is 3. The first kappa shape index (κ1) is 12.4. The molecule has 0 aliphatic carbocycles. The third kappa shape index (κ3) is 3.45. The highest BCUT2D eigenvalue weighted by Crippen LogP contribution is 2.28. The van der Waals surface area contributed by atoms with Crippen molar-refractivity contribution in [3.05, 3.63) is 29.8 Å². The van der Waals surface area contributed by atoms with Crippen LogP contribution in [0.2, 0.25) is 0 Å². The Kier molecular flexibility index (Phi) is 4.40. The molecule has 3 nitrogen and oxygen atoms in total. The molecule has 17 heavy (non-hydrogen) atoms. The summed E-state index contributed by atoms with van der Waals surface area (Å²) < 4.78 is 5.92. The van der Waals surface area contributed by atoms with E-state index in [9.17, 15) is 0 Å². The van der Waals surface area contributed by atoms with Crippen LogP contribution in [0.15, 0.2) is 24.3 Å². The van der Waals surface area contributed by atoms with Gasteiger partial charge in [-0.3, -0.25) is 0 Å². The Labute approximate surface area is 104 Å². The van der Waals surface area contributed by atoms with Crippen LogP contribution in [0.5, 0.6) is 5.75 Å². The van der Waals surface area contributed by atoms with Crippen LogP contribution in [0.3, 0.4) is 0 Å². The van der Waals surface area contributed by atoms with E-state index in [0.29, 0.717) is 6.10 Å². The number of ether oxygens (including phenoxy) is 1. The second-order valence-corrected chi connectivity index (χ2v) is 4.67. The molecule has 1 heterocycles. The Morgan fingerprint density at radius 3 is 3.00 bits per heavy atom. The van der Waals surface area contributed by atoms with Crippen LogP contribution in [-0.2, 0) is 6.42 Å². The minimum atomic E-state index is 0.319. The lowest BCUT2D eigenvalue weighted by molar-refractivity contribution is 0.169. The number of nitrogens with one attached hydrogen (secondary N) is 1. The molecule has 1 atom stereocenters. The largest absolute Gasteiger partial charge is 0.488 e. The number of likely N-dealkylation sites (N-methyl/N-ethyl adjacent to an activating group) is 2. The Morgan fingerprint density at radius 1 is 1.41 bits per heavy atom. The maximum Gasteiger partial charge on any atom is 0.123 e. The van der Waals surface area contributed by atoms with Crippen LogP contribution in [0.25, 0.3) is 0 Å². The van der Waals surface area contributed by atoms with E-state index < -0.39 is 0 Å². The van der Waals surface area contributed by atoms with Gasteiger partial charge in [-0.25, -0.2) is 0 Å². The van der Waals surface area contributed by atoms with E-state index >= 15 is 0 Å². The highest BCUT2D eigenvalue weighted by atomic mass is 16.5. The standard InChI is InChI=1S/C14H22N2O/c1-3-15-8-9-16(2)11-13-10-12-6-4-5-7-14(12)17-13/h4-7,13,15H,3,8-11H2,1-2H3. The number of benzene rings is 1. The minimum Gasteiger partial charge on any atom is -0.488 e. The molecule has 1 aromatic carbocycles. The zero-order valence-corrected chi connectivity index (χ0v) is 10.8. The number of nitrogens with zero attached hydrogens (tertiary/aromatic N) is 1. The normalized spacial score (nSPS) is 18.2. The molecular weight excluding hydrogens is 212 g/mol. The van der Waals surface area contributed by atoms with Gasteiger partial charge in [0.1, 0.15) is 11.9 Å². The van der Waals surface area contributed by atoms with Gasteiger partial charge in [0.2, 0.25) is 0 Å². The molecule has 1 unspecified atom stereocenters. The maximum absolute atomic E-state index is 5.92. The molecule has 0 spiro atoms.